The molecule has 0 N–H and O–H groups in total. The van der Waals surface area contributed by atoms with E-state index in [4.69, 9.17) is 18.9 Å². The third kappa shape index (κ3) is 5.56. The van der Waals surface area contributed by atoms with Crippen LogP contribution >= 0.6 is 0 Å². The number of carbonyl (C=O) groups excluding carboxylic acids is 3. The van der Waals surface area contributed by atoms with Crippen molar-refractivity contribution >= 4 is 17.9 Å². The summed E-state index contributed by atoms with van der Waals surface area (Å²) in [5.41, 5.74) is -0.432. The number of hydrogen-bond donors (Lipinski definition) is 0. The third-order valence-electron chi connectivity index (χ3n) is 9.97. The number of fused-ring (bicyclic) bond motifs is 5. The zero-order valence-electron chi connectivity index (χ0n) is 21.0. The summed E-state index contributed by atoms with van der Waals surface area (Å²) in [4.78, 5) is 39.2. The minimum absolute atomic E-state index is 0. The largest absolute Gasteiger partial charge is 0.459 e. The van der Waals surface area contributed by atoms with Crippen LogP contribution in [0.15, 0.2) is 0 Å². The van der Waals surface area contributed by atoms with Crippen molar-refractivity contribution in [3.8, 4) is 0 Å². The van der Waals surface area contributed by atoms with Gasteiger partial charge in [-0.2, -0.15) is 0 Å². The molecule has 2 aliphatic heterocycles. The molecule has 0 radical (unpaired) electrons. The van der Waals surface area contributed by atoms with Crippen LogP contribution in [-0.4, -0.2) is 42.5 Å². The Balaban J connectivity index is 0.00000180. The molecule has 2 saturated heterocycles. The zero-order chi connectivity index (χ0) is 24.2. The summed E-state index contributed by atoms with van der Waals surface area (Å²) in [6.07, 6.45) is 7.36. The molecule has 2 bridgehead atoms. The van der Waals surface area contributed by atoms with Gasteiger partial charge in [0.1, 0.15) is 5.60 Å². The summed E-state index contributed by atoms with van der Waals surface area (Å²) >= 11 is 0. The van der Waals surface area contributed by atoms with E-state index >= 15 is 0 Å². The van der Waals surface area contributed by atoms with Crippen LogP contribution in [0.3, 0.4) is 0 Å². The normalized spacial score (nSPS) is 41.5. The molecule has 0 spiro atoms. The fourth-order valence-electron chi connectivity index (χ4n) is 8.32. The van der Waals surface area contributed by atoms with Gasteiger partial charge in [-0.15, -0.1) is 0 Å². The van der Waals surface area contributed by atoms with Gasteiger partial charge in [-0.3, -0.25) is 14.4 Å². The Morgan fingerprint density at radius 2 is 1.71 bits per heavy atom. The second-order valence-corrected chi connectivity index (χ2v) is 11.5. The number of esters is 3. The standard InChI is InChI=1S/C27H40O7.4CH4/c1-5-27(13-16-12-19(27)18-9-7-8-17(16)18)34-24(28)15(4)21-22(26(30)33-25(21)29)23-14(3)10-11-20(32-23)31-6-2;;;;/h14-23H,5-13H2,1-4H3;4*1H4. The Bertz CT molecular complexity index is 827. The van der Waals surface area contributed by atoms with Crippen molar-refractivity contribution in [3.63, 3.8) is 0 Å². The Morgan fingerprint density at radius 1 is 1.03 bits per heavy atom. The molecule has 5 aliphatic rings. The molecule has 3 aliphatic carbocycles. The summed E-state index contributed by atoms with van der Waals surface area (Å²) in [5.74, 6) is -1.49. The topological polar surface area (TPSA) is 88.1 Å². The first-order valence-corrected chi connectivity index (χ1v) is 13.5. The predicted molar refractivity (Wildman–Crippen MR) is 149 cm³/mol. The number of cyclic esters (lactones) is 2. The SMILES string of the molecule is C.C.C.C.CCOC1CCC(C)C(C2C(=O)OC(=O)C2C(C)C(=O)OC2(CC)CC3CC2C2CCCC32)O1. The lowest BCUT2D eigenvalue weighted by Gasteiger charge is -2.43. The van der Waals surface area contributed by atoms with Crippen molar-refractivity contribution in [1.29, 1.82) is 0 Å². The average molecular weight is 541 g/mol. The highest BCUT2D eigenvalue weighted by atomic mass is 16.7. The van der Waals surface area contributed by atoms with E-state index < -0.39 is 47.7 Å². The molecule has 11 unspecified atom stereocenters. The van der Waals surface area contributed by atoms with Crippen LogP contribution in [-0.2, 0) is 33.3 Å². The van der Waals surface area contributed by atoms with Crippen molar-refractivity contribution in [2.24, 2.45) is 47.3 Å². The van der Waals surface area contributed by atoms with Gasteiger partial charge in [0, 0.05) is 12.5 Å². The Morgan fingerprint density at radius 3 is 2.37 bits per heavy atom. The van der Waals surface area contributed by atoms with Gasteiger partial charge in [0.25, 0.3) is 0 Å². The fraction of sp³-hybridized carbons (Fsp3) is 0.903. The van der Waals surface area contributed by atoms with Crippen molar-refractivity contribution < 1.29 is 33.3 Å². The van der Waals surface area contributed by atoms with Crippen molar-refractivity contribution in [1.82, 2.24) is 0 Å². The quantitative estimate of drug-likeness (QED) is 0.259. The van der Waals surface area contributed by atoms with Gasteiger partial charge in [0.15, 0.2) is 6.29 Å². The van der Waals surface area contributed by atoms with Crippen LogP contribution in [0.5, 0.6) is 0 Å². The Hall–Kier alpha value is -1.47. The molecule has 7 nitrogen and oxygen atoms in total. The Kier molecular flexibility index (Phi) is 12.1. The van der Waals surface area contributed by atoms with E-state index in [1.165, 1.54) is 19.3 Å². The summed E-state index contributed by atoms with van der Waals surface area (Å²) in [7, 11) is 0. The predicted octanol–water partition coefficient (Wildman–Crippen LogP) is 6.81. The Labute approximate surface area is 232 Å². The summed E-state index contributed by atoms with van der Waals surface area (Å²) in [5, 5.41) is 0. The number of hydrogen-bond acceptors (Lipinski definition) is 7. The zero-order valence-corrected chi connectivity index (χ0v) is 21.0. The lowest BCUT2D eigenvalue weighted by atomic mass is 9.71. The van der Waals surface area contributed by atoms with Crippen molar-refractivity contribution in [2.45, 2.75) is 127 Å². The molecule has 5 rings (SSSR count). The highest BCUT2D eigenvalue weighted by Crippen LogP contribution is 2.64. The summed E-state index contributed by atoms with van der Waals surface area (Å²) in [6, 6.07) is 0. The van der Waals surface area contributed by atoms with Crippen LogP contribution in [0.25, 0.3) is 0 Å². The summed E-state index contributed by atoms with van der Waals surface area (Å²) in [6.45, 7) is 8.25. The van der Waals surface area contributed by atoms with Gasteiger partial charge in [-0.25, -0.2) is 0 Å². The van der Waals surface area contributed by atoms with E-state index in [0.29, 0.717) is 24.4 Å². The molecule has 0 aromatic carbocycles. The van der Waals surface area contributed by atoms with Crippen molar-refractivity contribution in [2.75, 3.05) is 6.61 Å². The second-order valence-electron chi connectivity index (χ2n) is 11.5. The number of ether oxygens (including phenoxy) is 4. The lowest BCUT2D eigenvalue weighted by Crippen LogP contribution is -2.49. The van der Waals surface area contributed by atoms with E-state index in [1.807, 2.05) is 13.8 Å². The molecule has 7 heteroatoms. The van der Waals surface area contributed by atoms with Crippen LogP contribution < -0.4 is 0 Å². The molecular weight excluding hydrogens is 484 g/mol. The first-order chi connectivity index (χ1) is 16.3. The molecule has 5 fully saturated rings. The lowest BCUT2D eigenvalue weighted by molar-refractivity contribution is -0.222. The molecule has 222 valence electrons. The first-order valence-electron chi connectivity index (χ1n) is 13.5. The van der Waals surface area contributed by atoms with E-state index in [0.717, 1.165) is 38.0 Å². The first kappa shape index (κ1) is 34.6. The van der Waals surface area contributed by atoms with Crippen molar-refractivity contribution in [3.05, 3.63) is 0 Å². The highest BCUT2D eigenvalue weighted by molar-refractivity contribution is 5.99. The van der Waals surface area contributed by atoms with Crippen LogP contribution in [0, 0.1) is 47.3 Å². The molecule has 2 heterocycles. The highest BCUT2D eigenvalue weighted by Gasteiger charge is 2.63. The molecule has 11 atom stereocenters. The number of carbonyl (C=O) groups is 3. The third-order valence-corrected chi connectivity index (χ3v) is 9.97. The second kappa shape index (κ2) is 13.3. The minimum Gasteiger partial charge on any atom is -0.459 e. The van der Waals surface area contributed by atoms with Gasteiger partial charge >= 0.3 is 17.9 Å². The van der Waals surface area contributed by atoms with Crippen LogP contribution in [0.1, 0.15) is 109 Å². The van der Waals surface area contributed by atoms with E-state index in [9.17, 15) is 14.4 Å². The van der Waals surface area contributed by atoms with E-state index in [2.05, 4.69) is 6.92 Å². The number of rotatable bonds is 7. The maximum absolute atomic E-state index is 13.5. The maximum Gasteiger partial charge on any atom is 0.320 e. The van der Waals surface area contributed by atoms with E-state index in [-0.39, 0.29) is 41.6 Å². The molecule has 0 amide bonds. The van der Waals surface area contributed by atoms with Gasteiger partial charge in [-0.05, 0) is 75.5 Å². The maximum atomic E-state index is 13.5. The fourth-order valence-corrected chi connectivity index (χ4v) is 8.32. The van der Waals surface area contributed by atoms with Gasteiger partial charge in [0.2, 0.25) is 0 Å². The summed E-state index contributed by atoms with van der Waals surface area (Å²) < 4.78 is 23.2. The minimum atomic E-state index is -0.889. The molecule has 0 aromatic heterocycles. The molecule has 0 aromatic rings. The molecule has 3 saturated carbocycles. The molecular formula is C31H56O7. The van der Waals surface area contributed by atoms with Gasteiger partial charge in [0.05, 0.1) is 23.9 Å². The van der Waals surface area contributed by atoms with Crippen LogP contribution in [0.2, 0.25) is 0 Å². The van der Waals surface area contributed by atoms with Crippen LogP contribution in [0.4, 0.5) is 0 Å². The smallest absolute Gasteiger partial charge is 0.320 e. The van der Waals surface area contributed by atoms with E-state index in [1.54, 1.807) is 6.92 Å². The van der Waals surface area contributed by atoms with Gasteiger partial charge in [-0.1, -0.05) is 56.9 Å². The monoisotopic (exact) mass is 540 g/mol. The van der Waals surface area contributed by atoms with Gasteiger partial charge < -0.3 is 18.9 Å². The average Bonchev–Trinajstić information content (AvgIpc) is 3.55. The molecule has 38 heavy (non-hydrogen) atoms.